The maximum atomic E-state index is 12.7. The van der Waals surface area contributed by atoms with Crippen molar-refractivity contribution < 1.29 is 18.7 Å². The lowest BCUT2D eigenvalue weighted by atomic mass is 9.96. The van der Waals surface area contributed by atoms with Gasteiger partial charge in [0.1, 0.15) is 17.7 Å². The van der Waals surface area contributed by atoms with Crippen molar-refractivity contribution in [3.63, 3.8) is 0 Å². The molecule has 34 heavy (non-hydrogen) atoms. The number of hydrogen-bond donors (Lipinski definition) is 2. The third-order valence-corrected chi connectivity index (χ3v) is 6.57. The Labute approximate surface area is 196 Å². The molecule has 0 bridgehead atoms. The number of carbonyl (C=O) groups is 1. The number of nitrogens with one attached hydrogen (secondary N) is 2. The average Bonchev–Trinajstić information content (AvgIpc) is 2.99. The summed E-state index contributed by atoms with van der Waals surface area (Å²) in [6.45, 7) is 2.13. The van der Waals surface area contributed by atoms with E-state index in [1.165, 1.54) is 4.57 Å². The molecule has 1 spiro atoms. The minimum absolute atomic E-state index is 0.300. The average molecular weight is 463 g/mol. The first-order valence-corrected chi connectivity index (χ1v) is 11.3. The number of oxazole rings is 1. The van der Waals surface area contributed by atoms with E-state index >= 15 is 0 Å². The van der Waals surface area contributed by atoms with Crippen molar-refractivity contribution in [1.82, 2.24) is 15.2 Å². The van der Waals surface area contributed by atoms with Gasteiger partial charge in [-0.05, 0) is 28.8 Å². The zero-order valence-electron chi connectivity index (χ0n) is 18.9. The monoisotopic (exact) mass is 462 g/mol. The van der Waals surface area contributed by atoms with E-state index in [9.17, 15) is 14.9 Å². The van der Waals surface area contributed by atoms with Crippen molar-refractivity contribution in [2.45, 2.75) is 30.6 Å². The molecule has 3 heterocycles. The van der Waals surface area contributed by atoms with Gasteiger partial charge in [-0.25, -0.2) is 4.79 Å². The Morgan fingerprint density at radius 2 is 2.06 bits per heavy atom. The number of ether oxygens (including phenoxy) is 2. The van der Waals surface area contributed by atoms with Crippen LogP contribution in [0.4, 0.5) is 0 Å². The number of benzene rings is 2. The van der Waals surface area contributed by atoms with Crippen LogP contribution < -0.4 is 16.4 Å². The van der Waals surface area contributed by atoms with E-state index in [1.807, 2.05) is 36.4 Å². The molecule has 0 radical (unpaired) electrons. The van der Waals surface area contributed by atoms with Crippen molar-refractivity contribution in [2.75, 3.05) is 26.3 Å². The molecule has 3 atom stereocenters. The molecular weight excluding hydrogens is 436 g/mol. The van der Waals surface area contributed by atoms with E-state index in [-0.39, 0.29) is 11.5 Å². The number of hydrogen-bond acceptors (Lipinski definition) is 7. The molecule has 2 aromatic carbocycles. The number of fused-ring (bicyclic) bond motifs is 1. The second kappa shape index (κ2) is 9.06. The second-order valence-electron chi connectivity index (χ2n) is 8.91. The van der Waals surface area contributed by atoms with Gasteiger partial charge >= 0.3 is 5.76 Å². The lowest BCUT2D eigenvalue weighted by molar-refractivity contribution is -0.178. The maximum Gasteiger partial charge on any atom is 0.419 e. The maximum absolute atomic E-state index is 12.7. The Hall–Kier alpha value is -3.45. The fourth-order valence-corrected chi connectivity index (χ4v) is 4.37. The van der Waals surface area contributed by atoms with Crippen LogP contribution in [0.5, 0.6) is 0 Å². The van der Waals surface area contributed by atoms with Crippen LogP contribution in [0.2, 0.25) is 0 Å². The molecule has 3 unspecified atom stereocenters. The second-order valence-corrected chi connectivity index (χ2v) is 8.91. The number of nitrogens with zero attached hydrogens (tertiary/aromatic N) is 2. The van der Waals surface area contributed by atoms with Crippen LogP contribution in [0, 0.1) is 11.3 Å². The first kappa shape index (κ1) is 22.3. The van der Waals surface area contributed by atoms with Crippen LogP contribution in [-0.4, -0.2) is 54.5 Å². The van der Waals surface area contributed by atoms with Crippen LogP contribution in [0.1, 0.15) is 12.0 Å². The third kappa shape index (κ3) is 4.35. The fraction of sp³-hybridized carbons (Fsp3) is 0.400. The minimum Gasteiger partial charge on any atom is -0.408 e. The van der Waals surface area contributed by atoms with Gasteiger partial charge in [0.2, 0.25) is 0 Å². The smallest absolute Gasteiger partial charge is 0.408 e. The number of rotatable bonds is 5. The highest BCUT2D eigenvalue weighted by Gasteiger charge is 2.42. The molecule has 1 amide bonds. The fourth-order valence-electron chi connectivity index (χ4n) is 4.37. The van der Waals surface area contributed by atoms with Crippen LogP contribution >= 0.6 is 0 Å². The molecule has 2 aliphatic heterocycles. The van der Waals surface area contributed by atoms with Crippen molar-refractivity contribution in [1.29, 1.82) is 5.26 Å². The van der Waals surface area contributed by atoms with E-state index in [0.29, 0.717) is 31.7 Å². The summed E-state index contributed by atoms with van der Waals surface area (Å²) in [6.07, 6.45) is 0.639. The molecule has 2 N–H and O–H groups in total. The van der Waals surface area contributed by atoms with Crippen LogP contribution in [0.3, 0.4) is 0 Å². The first-order chi connectivity index (χ1) is 16.5. The Bertz CT molecular complexity index is 1300. The van der Waals surface area contributed by atoms with Gasteiger partial charge in [0.15, 0.2) is 5.58 Å². The summed E-state index contributed by atoms with van der Waals surface area (Å²) < 4.78 is 18.1. The van der Waals surface area contributed by atoms with E-state index in [2.05, 4.69) is 16.7 Å². The third-order valence-electron chi connectivity index (χ3n) is 6.57. The quantitative estimate of drug-likeness (QED) is 0.590. The van der Waals surface area contributed by atoms with E-state index in [0.717, 1.165) is 35.2 Å². The summed E-state index contributed by atoms with van der Waals surface area (Å²) in [6, 6.07) is 14.9. The largest absolute Gasteiger partial charge is 0.419 e. The molecule has 9 heteroatoms. The first-order valence-electron chi connectivity index (χ1n) is 11.3. The van der Waals surface area contributed by atoms with Crippen molar-refractivity contribution in [3.8, 4) is 17.2 Å². The van der Waals surface area contributed by atoms with Gasteiger partial charge in [0, 0.05) is 33.0 Å². The predicted molar refractivity (Wildman–Crippen MR) is 124 cm³/mol. The SMILES string of the molecule is Cn1c(=O)oc2ccc(-c3ccc(CC(C#N)NC(=O)C4CNCC5(CCO5)CO4)cc3)cc21. The summed E-state index contributed by atoms with van der Waals surface area (Å²) in [5, 5.41) is 15.6. The molecule has 176 valence electrons. The van der Waals surface area contributed by atoms with Crippen molar-refractivity contribution >= 4 is 17.0 Å². The molecular formula is C25H26N4O5. The molecule has 0 saturated carbocycles. The van der Waals surface area contributed by atoms with Gasteiger partial charge in [-0.2, -0.15) is 5.26 Å². The summed E-state index contributed by atoms with van der Waals surface area (Å²) in [4.78, 5) is 24.4. The Morgan fingerprint density at radius 3 is 2.76 bits per heavy atom. The van der Waals surface area contributed by atoms with Gasteiger partial charge in [0.05, 0.1) is 24.8 Å². The van der Waals surface area contributed by atoms with Gasteiger partial charge in [-0.15, -0.1) is 0 Å². The minimum atomic E-state index is -0.670. The molecule has 2 aliphatic rings. The molecule has 5 rings (SSSR count). The van der Waals surface area contributed by atoms with Gasteiger partial charge < -0.3 is 24.5 Å². The van der Waals surface area contributed by atoms with E-state index in [1.54, 1.807) is 13.1 Å². The number of aromatic nitrogens is 1. The molecule has 2 saturated heterocycles. The van der Waals surface area contributed by atoms with E-state index in [4.69, 9.17) is 13.9 Å². The highest BCUT2D eigenvalue weighted by molar-refractivity contribution is 5.82. The standard InChI is InChI=1S/C25H26N4O5/c1-29-20-11-18(6-7-21(20)34-24(29)31)17-4-2-16(3-5-17)10-19(12-26)28-23(30)22-13-27-14-25(15-32-22)8-9-33-25/h2-7,11,19,22,27H,8-10,13-15H2,1H3,(H,28,30). The van der Waals surface area contributed by atoms with Crippen LogP contribution in [0.15, 0.2) is 51.7 Å². The Morgan fingerprint density at radius 1 is 1.29 bits per heavy atom. The lowest BCUT2D eigenvalue weighted by Crippen LogP contribution is -2.53. The predicted octanol–water partition coefficient (Wildman–Crippen LogP) is 1.50. The number of aryl methyl sites for hydroxylation is 1. The molecule has 3 aromatic rings. The number of amides is 1. The molecule has 2 fully saturated rings. The zero-order chi connectivity index (χ0) is 23.7. The van der Waals surface area contributed by atoms with Crippen LogP contribution in [0.25, 0.3) is 22.2 Å². The summed E-state index contributed by atoms with van der Waals surface area (Å²) in [5.74, 6) is -0.695. The van der Waals surface area contributed by atoms with Crippen molar-refractivity contribution in [3.05, 3.63) is 58.6 Å². The number of nitriles is 1. The molecule has 0 aliphatic carbocycles. The summed E-state index contributed by atoms with van der Waals surface area (Å²) in [5.41, 5.74) is 3.80. The highest BCUT2D eigenvalue weighted by atomic mass is 16.6. The number of carbonyl (C=O) groups excluding carboxylic acids is 1. The van der Waals surface area contributed by atoms with E-state index < -0.39 is 17.9 Å². The normalized spacial score (nSPS) is 23.1. The zero-order valence-corrected chi connectivity index (χ0v) is 18.9. The summed E-state index contributed by atoms with van der Waals surface area (Å²) in [7, 11) is 1.67. The van der Waals surface area contributed by atoms with Gasteiger partial charge in [-0.3, -0.25) is 9.36 Å². The summed E-state index contributed by atoms with van der Waals surface area (Å²) >= 11 is 0. The molecule has 9 nitrogen and oxygen atoms in total. The van der Waals surface area contributed by atoms with Gasteiger partial charge in [0.25, 0.3) is 5.91 Å². The Kier molecular flexibility index (Phi) is 5.96. The topological polar surface area (TPSA) is 119 Å². The van der Waals surface area contributed by atoms with Gasteiger partial charge in [-0.1, -0.05) is 30.3 Å². The Balaban J connectivity index is 1.22. The molecule has 1 aromatic heterocycles. The van der Waals surface area contributed by atoms with Crippen LogP contribution in [-0.2, 0) is 27.7 Å². The van der Waals surface area contributed by atoms with Crippen molar-refractivity contribution in [2.24, 2.45) is 7.05 Å². The lowest BCUT2D eigenvalue weighted by Gasteiger charge is -2.40. The highest BCUT2D eigenvalue weighted by Crippen LogP contribution is 2.28.